The highest BCUT2D eigenvalue weighted by atomic mass is 35.5. The number of nitrogens with one attached hydrogen (secondary N) is 2. The van der Waals surface area contributed by atoms with Crippen LogP contribution < -0.4 is 5.48 Å². The van der Waals surface area contributed by atoms with Gasteiger partial charge in [0.25, 0.3) is 5.91 Å². The Kier molecular flexibility index (Phi) is 5.25. The van der Waals surface area contributed by atoms with Gasteiger partial charge in [-0.3, -0.25) is 9.63 Å². The molecule has 29 heavy (non-hydrogen) atoms. The molecule has 0 unspecified atom stereocenters. The highest BCUT2D eigenvalue weighted by Gasteiger charge is 2.15. The van der Waals surface area contributed by atoms with Gasteiger partial charge in [0.05, 0.1) is 17.2 Å². The van der Waals surface area contributed by atoms with Crippen LogP contribution in [0.5, 0.6) is 5.75 Å². The lowest BCUT2D eigenvalue weighted by Crippen LogP contribution is -2.23. The molecule has 0 fully saturated rings. The number of hydrogen-bond donors (Lipinski definition) is 3. The summed E-state index contributed by atoms with van der Waals surface area (Å²) in [4.78, 5) is 20.4. The van der Waals surface area contributed by atoms with Gasteiger partial charge in [-0.05, 0) is 36.2 Å². The number of amides is 1. The molecule has 1 aromatic heterocycles. The van der Waals surface area contributed by atoms with Gasteiger partial charge in [-0.1, -0.05) is 54.1 Å². The van der Waals surface area contributed by atoms with Crippen molar-refractivity contribution < 1.29 is 14.7 Å². The summed E-state index contributed by atoms with van der Waals surface area (Å²) in [5.74, 6) is -0.0850. The van der Waals surface area contributed by atoms with Gasteiger partial charge in [-0.2, -0.15) is 0 Å². The van der Waals surface area contributed by atoms with Crippen LogP contribution in [0.25, 0.3) is 33.2 Å². The van der Waals surface area contributed by atoms with Crippen molar-refractivity contribution >= 4 is 28.4 Å². The lowest BCUT2D eigenvalue weighted by molar-refractivity contribution is 0.0366. The first-order valence-corrected chi connectivity index (χ1v) is 9.58. The van der Waals surface area contributed by atoms with Crippen LogP contribution in [0.1, 0.15) is 17.3 Å². The van der Waals surface area contributed by atoms with Crippen molar-refractivity contribution in [3.8, 4) is 28.0 Å². The van der Waals surface area contributed by atoms with Gasteiger partial charge >= 0.3 is 0 Å². The van der Waals surface area contributed by atoms with Crippen LogP contribution in [0.3, 0.4) is 0 Å². The third-order valence-electron chi connectivity index (χ3n) is 4.73. The van der Waals surface area contributed by atoms with Crippen LogP contribution in [0, 0.1) is 0 Å². The minimum atomic E-state index is -0.318. The van der Waals surface area contributed by atoms with Crippen molar-refractivity contribution in [3.05, 3.63) is 77.4 Å². The van der Waals surface area contributed by atoms with E-state index in [0.29, 0.717) is 17.2 Å². The molecule has 0 atom stereocenters. The van der Waals surface area contributed by atoms with E-state index in [2.05, 4.69) is 10.5 Å². The molecule has 3 aromatic carbocycles. The van der Waals surface area contributed by atoms with Crippen molar-refractivity contribution in [2.45, 2.75) is 6.92 Å². The predicted molar refractivity (Wildman–Crippen MR) is 115 cm³/mol. The summed E-state index contributed by atoms with van der Waals surface area (Å²) in [7, 11) is 0. The van der Waals surface area contributed by atoms with Gasteiger partial charge in [0.15, 0.2) is 0 Å². The van der Waals surface area contributed by atoms with E-state index in [1.165, 1.54) is 0 Å². The molecule has 0 bridgehead atoms. The summed E-state index contributed by atoms with van der Waals surface area (Å²) in [5, 5.41) is 11.4. The van der Waals surface area contributed by atoms with Crippen molar-refractivity contribution in [2.75, 3.05) is 6.61 Å². The first-order valence-electron chi connectivity index (χ1n) is 9.20. The van der Waals surface area contributed by atoms with Crippen molar-refractivity contribution in [1.82, 2.24) is 10.5 Å². The SMILES string of the molecule is CCONC(=O)c1c[nH]c2cc(Cl)c(-c3ccc(-c4ccccc4O)cc3)cc12. The Hall–Kier alpha value is -3.28. The minimum absolute atomic E-state index is 0.233. The monoisotopic (exact) mass is 406 g/mol. The number of phenols is 1. The maximum atomic E-state index is 12.3. The molecule has 0 saturated carbocycles. The number of rotatable bonds is 5. The number of hydroxylamine groups is 1. The van der Waals surface area contributed by atoms with Gasteiger partial charge in [-0.15, -0.1) is 0 Å². The first kappa shape index (κ1) is 19.1. The summed E-state index contributed by atoms with van der Waals surface area (Å²) >= 11 is 6.51. The third-order valence-corrected chi connectivity index (χ3v) is 5.05. The highest BCUT2D eigenvalue weighted by molar-refractivity contribution is 6.34. The van der Waals surface area contributed by atoms with Crippen molar-refractivity contribution in [3.63, 3.8) is 0 Å². The maximum Gasteiger partial charge on any atom is 0.277 e. The van der Waals surface area contributed by atoms with Gasteiger partial charge < -0.3 is 10.1 Å². The van der Waals surface area contributed by atoms with Gasteiger partial charge in [-0.25, -0.2) is 5.48 Å². The quantitative estimate of drug-likeness (QED) is 0.381. The summed E-state index contributed by atoms with van der Waals surface area (Å²) in [6.45, 7) is 2.18. The van der Waals surface area contributed by atoms with Crippen LogP contribution in [0.15, 0.2) is 66.9 Å². The van der Waals surface area contributed by atoms with Crippen LogP contribution in [-0.2, 0) is 4.84 Å². The van der Waals surface area contributed by atoms with Crippen LogP contribution in [0.4, 0.5) is 0 Å². The van der Waals surface area contributed by atoms with E-state index in [-0.39, 0.29) is 11.7 Å². The number of aromatic amines is 1. The molecule has 0 spiro atoms. The highest BCUT2D eigenvalue weighted by Crippen LogP contribution is 2.35. The second-order valence-corrected chi connectivity index (χ2v) is 6.95. The molecule has 146 valence electrons. The zero-order valence-corrected chi connectivity index (χ0v) is 16.5. The number of carbonyl (C=O) groups is 1. The molecular formula is C23H19ClN2O3. The minimum Gasteiger partial charge on any atom is -0.507 e. The standard InChI is InChI=1S/C23H19ClN2O3/c1-2-29-26-23(28)19-13-25-21-12-20(24)17(11-18(19)21)15-9-7-14(8-10-15)16-5-3-4-6-22(16)27/h3-13,25,27H,2H2,1H3,(H,26,28). The normalized spacial score (nSPS) is 11.0. The van der Waals surface area contributed by atoms with Crippen LogP contribution in [0.2, 0.25) is 5.02 Å². The lowest BCUT2D eigenvalue weighted by Gasteiger charge is -2.09. The van der Waals surface area contributed by atoms with E-state index < -0.39 is 0 Å². The predicted octanol–water partition coefficient (Wildman–Crippen LogP) is 5.54. The molecule has 0 aliphatic rings. The number of benzene rings is 3. The molecule has 1 heterocycles. The average Bonchev–Trinajstić information content (AvgIpc) is 3.14. The third kappa shape index (κ3) is 3.70. The number of hydrogen-bond acceptors (Lipinski definition) is 3. The van der Waals surface area contributed by atoms with E-state index in [4.69, 9.17) is 16.4 Å². The summed E-state index contributed by atoms with van der Waals surface area (Å²) in [6.07, 6.45) is 1.64. The van der Waals surface area contributed by atoms with Crippen molar-refractivity contribution in [2.24, 2.45) is 0 Å². The molecule has 4 aromatic rings. The Balaban J connectivity index is 1.73. The van der Waals surface area contributed by atoms with E-state index >= 15 is 0 Å². The smallest absolute Gasteiger partial charge is 0.277 e. The second kappa shape index (κ2) is 7.99. The number of fused-ring (bicyclic) bond motifs is 1. The molecule has 6 heteroatoms. The number of phenolic OH excluding ortho intramolecular Hbond substituents is 1. The molecule has 4 rings (SSSR count). The Morgan fingerprint density at radius 1 is 1.07 bits per heavy atom. The van der Waals surface area contributed by atoms with E-state index in [9.17, 15) is 9.90 Å². The fraction of sp³-hybridized carbons (Fsp3) is 0.0870. The Morgan fingerprint density at radius 2 is 1.76 bits per heavy atom. The number of H-pyrrole nitrogens is 1. The van der Waals surface area contributed by atoms with Crippen LogP contribution in [-0.4, -0.2) is 22.6 Å². The van der Waals surface area contributed by atoms with E-state index in [0.717, 1.165) is 33.2 Å². The molecule has 0 radical (unpaired) electrons. The molecule has 3 N–H and O–H groups in total. The van der Waals surface area contributed by atoms with Gasteiger partial charge in [0.1, 0.15) is 5.75 Å². The Labute approximate surface area is 172 Å². The zero-order valence-electron chi connectivity index (χ0n) is 15.7. The topological polar surface area (TPSA) is 74.3 Å². The van der Waals surface area contributed by atoms with Gasteiger partial charge in [0.2, 0.25) is 0 Å². The van der Waals surface area contributed by atoms with E-state index in [1.807, 2.05) is 42.5 Å². The molecular weight excluding hydrogens is 388 g/mol. The fourth-order valence-electron chi connectivity index (χ4n) is 3.29. The number of para-hydroxylation sites is 1. The van der Waals surface area contributed by atoms with Crippen LogP contribution >= 0.6 is 11.6 Å². The molecule has 5 nitrogen and oxygen atoms in total. The first-order chi connectivity index (χ1) is 14.1. The Bertz CT molecular complexity index is 1180. The molecule has 0 saturated heterocycles. The fourth-order valence-corrected chi connectivity index (χ4v) is 3.56. The summed E-state index contributed by atoms with van der Waals surface area (Å²) in [6, 6.07) is 18.7. The number of aromatic nitrogens is 1. The zero-order chi connectivity index (χ0) is 20.4. The number of carbonyl (C=O) groups excluding carboxylic acids is 1. The summed E-state index contributed by atoms with van der Waals surface area (Å²) < 4.78 is 0. The number of halogens is 1. The Morgan fingerprint density at radius 3 is 2.45 bits per heavy atom. The maximum absolute atomic E-state index is 12.3. The van der Waals surface area contributed by atoms with E-state index in [1.54, 1.807) is 31.3 Å². The molecule has 1 amide bonds. The largest absolute Gasteiger partial charge is 0.507 e. The average molecular weight is 407 g/mol. The second-order valence-electron chi connectivity index (χ2n) is 6.54. The summed E-state index contributed by atoms with van der Waals surface area (Å²) in [5.41, 5.74) is 7.06. The molecule has 0 aliphatic heterocycles. The molecule has 0 aliphatic carbocycles. The van der Waals surface area contributed by atoms with Gasteiger partial charge in [0, 0.05) is 28.2 Å². The lowest BCUT2D eigenvalue weighted by atomic mass is 9.98. The number of aromatic hydroxyl groups is 1. The van der Waals surface area contributed by atoms with Crippen molar-refractivity contribution in [1.29, 1.82) is 0 Å².